The average molecular weight is 386 g/mol. The van der Waals surface area contributed by atoms with Crippen LogP contribution in [0, 0.1) is 0 Å². The van der Waals surface area contributed by atoms with Crippen LogP contribution in [0.25, 0.3) is 16.3 Å². The van der Waals surface area contributed by atoms with Crippen LogP contribution in [-0.4, -0.2) is 42.4 Å². The topological polar surface area (TPSA) is 36.7 Å². The third-order valence-electron chi connectivity index (χ3n) is 6.30. The molecule has 0 aliphatic carbocycles. The van der Waals surface area contributed by atoms with Gasteiger partial charge in [0.25, 0.3) is 5.91 Å². The smallest absolute Gasteiger partial charge is 0.255 e. The maximum atomic E-state index is 13.6. The number of carbonyl (C=O) groups is 1. The van der Waals surface area contributed by atoms with Gasteiger partial charge < -0.3 is 14.2 Å². The summed E-state index contributed by atoms with van der Waals surface area (Å²) in [5, 5.41) is 2.21. The van der Waals surface area contributed by atoms with Gasteiger partial charge in [-0.05, 0) is 66.4 Å². The van der Waals surface area contributed by atoms with E-state index in [9.17, 15) is 4.79 Å². The molecule has 2 aliphatic heterocycles. The van der Waals surface area contributed by atoms with Crippen LogP contribution in [0.3, 0.4) is 0 Å². The molecule has 148 valence electrons. The van der Waals surface area contributed by atoms with E-state index < -0.39 is 0 Å². The Hall–Kier alpha value is -2.85. The van der Waals surface area contributed by atoms with Crippen LogP contribution in [0.15, 0.2) is 65.3 Å². The summed E-state index contributed by atoms with van der Waals surface area (Å²) in [6, 6.07) is 16.4. The monoisotopic (exact) mass is 386 g/mol. The highest BCUT2D eigenvalue weighted by Crippen LogP contribution is 2.36. The molecule has 1 atom stereocenters. The first-order valence-electron chi connectivity index (χ1n) is 10.5. The quantitative estimate of drug-likeness (QED) is 0.626. The van der Waals surface area contributed by atoms with Crippen LogP contribution < -0.4 is 0 Å². The molecule has 3 heterocycles. The van der Waals surface area contributed by atoms with Gasteiger partial charge >= 0.3 is 0 Å². The molecule has 2 aliphatic rings. The Labute approximate surface area is 171 Å². The van der Waals surface area contributed by atoms with Crippen molar-refractivity contribution in [2.45, 2.75) is 25.3 Å². The molecule has 1 fully saturated rings. The van der Waals surface area contributed by atoms with Crippen molar-refractivity contribution < 1.29 is 9.21 Å². The molecule has 3 aromatic rings. The summed E-state index contributed by atoms with van der Waals surface area (Å²) in [7, 11) is 2.15. The van der Waals surface area contributed by atoms with E-state index in [0.717, 1.165) is 55.6 Å². The SMILES string of the molecule is CN1CC=C(c2cccc3c(C(=O)N4CCCC4c4ccco4)cccc23)CC1. The van der Waals surface area contributed by atoms with E-state index in [0.29, 0.717) is 0 Å². The second-order valence-corrected chi connectivity index (χ2v) is 8.12. The fraction of sp³-hybridized carbons (Fsp3) is 0.320. The number of hydrogen-bond acceptors (Lipinski definition) is 3. The van der Waals surface area contributed by atoms with Crippen molar-refractivity contribution in [1.29, 1.82) is 0 Å². The predicted molar refractivity (Wildman–Crippen MR) is 116 cm³/mol. The molecule has 0 radical (unpaired) electrons. The molecule has 0 spiro atoms. The van der Waals surface area contributed by atoms with E-state index in [1.807, 2.05) is 29.2 Å². The molecular weight excluding hydrogens is 360 g/mol. The van der Waals surface area contributed by atoms with E-state index >= 15 is 0 Å². The van der Waals surface area contributed by atoms with E-state index in [4.69, 9.17) is 4.42 Å². The van der Waals surface area contributed by atoms with Crippen molar-refractivity contribution in [3.8, 4) is 0 Å². The second kappa shape index (κ2) is 7.53. The molecule has 1 unspecified atom stereocenters. The zero-order valence-electron chi connectivity index (χ0n) is 16.8. The molecule has 1 saturated heterocycles. The first-order chi connectivity index (χ1) is 14.2. The van der Waals surface area contributed by atoms with Crippen molar-refractivity contribution in [3.63, 3.8) is 0 Å². The summed E-state index contributed by atoms with van der Waals surface area (Å²) in [5.74, 6) is 0.984. The van der Waals surface area contributed by atoms with Crippen molar-refractivity contribution in [2.24, 2.45) is 0 Å². The minimum atomic E-state index is 0.0347. The molecule has 2 aromatic carbocycles. The highest BCUT2D eigenvalue weighted by molar-refractivity contribution is 6.09. The minimum Gasteiger partial charge on any atom is -0.467 e. The number of nitrogens with zero attached hydrogens (tertiary/aromatic N) is 2. The second-order valence-electron chi connectivity index (χ2n) is 8.12. The Kier molecular flexibility index (Phi) is 4.72. The van der Waals surface area contributed by atoms with Gasteiger partial charge in [-0.15, -0.1) is 0 Å². The van der Waals surface area contributed by atoms with Crippen LogP contribution in [0.2, 0.25) is 0 Å². The summed E-state index contributed by atoms with van der Waals surface area (Å²) in [4.78, 5) is 17.9. The van der Waals surface area contributed by atoms with Crippen LogP contribution in [0.5, 0.6) is 0 Å². The zero-order chi connectivity index (χ0) is 19.8. The summed E-state index contributed by atoms with van der Waals surface area (Å²) >= 11 is 0. The van der Waals surface area contributed by atoms with Crippen molar-refractivity contribution in [3.05, 3.63) is 77.8 Å². The predicted octanol–water partition coefficient (Wildman–Crippen LogP) is 5.13. The molecule has 1 aromatic heterocycles. The van der Waals surface area contributed by atoms with E-state index in [1.54, 1.807) is 6.26 Å². The maximum absolute atomic E-state index is 13.6. The minimum absolute atomic E-state index is 0.0347. The lowest BCUT2D eigenvalue weighted by Crippen LogP contribution is -2.30. The number of carbonyl (C=O) groups excluding carboxylic acids is 1. The Balaban J connectivity index is 1.54. The fourth-order valence-corrected chi connectivity index (χ4v) is 4.73. The van der Waals surface area contributed by atoms with Crippen LogP contribution in [0.4, 0.5) is 0 Å². The summed E-state index contributed by atoms with van der Waals surface area (Å²) in [5.41, 5.74) is 3.43. The Morgan fingerprint density at radius 2 is 1.90 bits per heavy atom. The Morgan fingerprint density at radius 1 is 1.03 bits per heavy atom. The summed E-state index contributed by atoms with van der Waals surface area (Å²) in [6.07, 6.45) is 7.01. The summed E-state index contributed by atoms with van der Waals surface area (Å²) in [6.45, 7) is 2.82. The number of likely N-dealkylation sites (tertiary alicyclic amines) is 1. The standard InChI is InChI=1S/C25H26N2O2/c1-26-15-12-18(13-16-26)19-6-2-8-21-20(19)7-3-9-22(21)25(28)27-14-4-10-23(27)24-11-5-17-29-24/h2-3,5-9,11-12,17,23H,4,10,13-16H2,1H3. The molecule has 5 rings (SSSR count). The molecule has 4 nitrogen and oxygen atoms in total. The van der Waals surface area contributed by atoms with Gasteiger partial charge in [-0.25, -0.2) is 0 Å². The molecule has 4 heteroatoms. The van der Waals surface area contributed by atoms with Crippen LogP contribution >= 0.6 is 0 Å². The van der Waals surface area contributed by atoms with Gasteiger partial charge in [0.2, 0.25) is 0 Å². The van der Waals surface area contributed by atoms with Gasteiger partial charge in [0, 0.05) is 25.2 Å². The number of fused-ring (bicyclic) bond motifs is 1. The first kappa shape index (κ1) is 18.2. The van der Waals surface area contributed by atoms with Gasteiger partial charge in [0.1, 0.15) is 5.76 Å². The lowest BCUT2D eigenvalue weighted by Gasteiger charge is -2.25. The molecule has 0 saturated carbocycles. The highest BCUT2D eigenvalue weighted by atomic mass is 16.3. The largest absolute Gasteiger partial charge is 0.467 e. The fourth-order valence-electron chi connectivity index (χ4n) is 4.73. The van der Waals surface area contributed by atoms with Gasteiger partial charge in [0.05, 0.1) is 12.3 Å². The van der Waals surface area contributed by atoms with Crippen molar-refractivity contribution in [2.75, 3.05) is 26.7 Å². The van der Waals surface area contributed by atoms with Crippen molar-refractivity contribution in [1.82, 2.24) is 9.80 Å². The van der Waals surface area contributed by atoms with Gasteiger partial charge in [0.15, 0.2) is 0 Å². The molecule has 0 bridgehead atoms. The molecular formula is C25H26N2O2. The van der Waals surface area contributed by atoms with Gasteiger partial charge in [-0.3, -0.25) is 4.79 Å². The van der Waals surface area contributed by atoms with E-state index in [2.05, 4.69) is 42.3 Å². The van der Waals surface area contributed by atoms with Crippen LogP contribution in [-0.2, 0) is 0 Å². The number of furan rings is 1. The third-order valence-corrected chi connectivity index (χ3v) is 6.30. The number of hydrogen-bond donors (Lipinski definition) is 0. The highest BCUT2D eigenvalue weighted by Gasteiger charge is 2.33. The summed E-state index contributed by atoms with van der Waals surface area (Å²) < 4.78 is 5.62. The molecule has 29 heavy (non-hydrogen) atoms. The first-order valence-corrected chi connectivity index (χ1v) is 10.5. The Bertz CT molecular complexity index is 1070. The number of likely N-dealkylation sites (N-methyl/N-ethyl adjacent to an activating group) is 1. The average Bonchev–Trinajstić information content (AvgIpc) is 3.44. The lowest BCUT2D eigenvalue weighted by atomic mass is 9.92. The Morgan fingerprint density at radius 3 is 2.69 bits per heavy atom. The van der Waals surface area contributed by atoms with E-state index in [1.165, 1.54) is 16.5 Å². The normalized spacial score (nSPS) is 20.2. The molecule has 1 amide bonds. The van der Waals surface area contributed by atoms with Crippen molar-refractivity contribution >= 4 is 22.3 Å². The third kappa shape index (κ3) is 3.28. The maximum Gasteiger partial charge on any atom is 0.255 e. The lowest BCUT2D eigenvalue weighted by molar-refractivity contribution is 0.0722. The van der Waals surface area contributed by atoms with Crippen LogP contribution in [0.1, 0.15) is 47.0 Å². The van der Waals surface area contributed by atoms with Gasteiger partial charge in [-0.2, -0.15) is 0 Å². The van der Waals surface area contributed by atoms with E-state index in [-0.39, 0.29) is 11.9 Å². The number of amides is 1. The number of rotatable bonds is 3. The molecule has 0 N–H and O–H groups in total. The van der Waals surface area contributed by atoms with Gasteiger partial charge in [-0.1, -0.05) is 36.4 Å². The number of benzene rings is 2. The zero-order valence-corrected chi connectivity index (χ0v) is 16.8.